The van der Waals surface area contributed by atoms with Gasteiger partial charge in [-0.25, -0.2) is 0 Å². The van der Waals surface area contributed by atoms with Crippen molar-refractivity contribution in [3.05, 3.63) is 5.01 Å². The van der Waals surface area contributed by atoms with Gasteiger partial charge >= 0.3 is 0 Å². The number of amides is 1. The van der Waals surface area contributed by atoms with Gasteiger partial charge in [0, 0.05) is 19.4 Å². The van der Waals surface area contributed by atoms with Crippen LogP contribution in [0.15, 0.2) is 0 Å². The Morgan fingerprint density at radius 3 is 2.82 bits per heavy atom. The van der Waals surface area contributed by atoms with Crippen molar-refractivity contribution in [2.24, 2.45) is 5.73 Å². The molecule has 0 aliphatic rings. The van der Waals surface area contributed by atoms with Crippen LogP contribution in [0.3, 0.4) is 0 Å². The van der Waals surface area contributed by atoms with Crippen molar-refractivity contribution in [3.8, 4) is 0 Å². The fourth-order valence-electron chi connectivity index (χ4n) is 1.24. The maximum absolute atomic E-state index is 11.2. The molecule has 0 saturated carbocycles. The van der Waals surface area contributed by atoms with Crippen LogP contribution in [0.4, 0.5) is 5.13 Å². The third-order valence-electron chi connectivity index (χ3n) is 2.08. The summed E-state index contributed by atoms with van der Waals surface area (Å²) in [6.45, 7) is 2.52. The van der Waals surface area contributed by atoms with Crippen LogP contribution in [0, 0.1) is 0 Å². The van der Waals surface area contributed by atoms with E-state index in [2.05, 4.69) is 22.4 Å². The van der Waals surface area contributed by atoms with E-state index in [1.54, 1.807) is 0 Å². The standard InChI is InChI=1S/C10H18N4OS.ClH/c1-2-3-4-5-9-13-14-10(16-9)12-8(15)6-7-11;/h2-7,11H2,1H3,(H,12,14,15);1H. The van der Waals surface area contributed by atoms with E-state index in [9.17, 15) is 4.79 Å². The quantitative estimate of drug-likeness (QED) is 0.747. The highest BCUT2D eigenvalue weighted by Crippen LogP contribution is 2.17. The number of aryl methyl sites for hydroxylation is 1. The van der Waals surface area contributed by atoms with Crippen LogP contribution in [-0.2, 0) is 11.2 Å². The first-order valence-corrected chi connectivity index (χ1v) is 6.40. The number of carbonyl (C=O) groups excluding carboxylic acids is 1. The molecular weight excluding hydrogens is 260 g/mol. The maximum atomic E-state index is 11.2. The molecule has 0 aliphatic carbocycles. The number of anilines is 1. The lowest BCUT2D eigenvalue weighted by molar-refractivity contribution is -0.116. The highest BCUT2D eigenvalue weighted by atomic mass is 35.5. The summed E-state index contributed by atoms with van der Waals surface area (Å²) in [7, 11) is 0. The molecule has 3 N–H and O–H groups in total. The van der Waals surface area contributed by atoms with Crippen LogP contribution in [0.1, 0.15) is 37.6 Å². The number of hydrogen-bond acceptors (Lipinski definition) is 5. The molecule has 0 spiro atoms. The number of carbonyl (C=O) groups is 1. The van der Waals surface area contributed by atoms with Crippen molar-refractivity contribution in [2.75, 3.05) is 11.9 Å². The van der Waals surface area contributed by atoms with Crippen LogP contribution < -0.4 is 11.1 Å². The summed E-state index contributed by atoms with van der Waals surface area (Å²) in [5, 5.41) is 12.2. The van der Waals surface area contributed by atoms with Crippen molar-refractivity contribution in [1.82, 2.24) is 10.2 Å². The van der Waals surface area contributed by atoms with Gasteiger partial charge in [-0.15, -0.1) is 22.6 Å². The summed E-state index contributed by atoms with van der Waals surface area (Å²) in [5.74, 6) is -0.0984. The number of nitrogens with two attached hydrogens (primary N) is 1. The van der Waals surface area contributed by atoms with E-state index in [1.165, 1.54) is 24.2 Å². The predicted octanol–water partition coefficient (Wildman–Crippen LogP) is 1.98. The average Bonchev–Trinajstić information content (AvgIpc) is 2.66. The second-order valence-corrected chi connectivity index (χ2v) is 4.61. The maximum Gasteiger partial charge on any atom is 0.227 e. The summed E-state index contributed by atoms with van der Waals surface area (Å²) >= 11 is 1.44. The van der Waals surface area contributed by atoms with Gasteiger partial charge in [0.2, 0.25) is 11.0 Å². The van der Waals surface area contributed by atoms with Crippen molar-refractivity contribution < 1.29 is 4.79 Å². The molecule has 0 aliphatic heterocycles. The minimum atomic E-state index is -0.0984. The molecule has 0 fully saturated rings. The normalized spacial score (nSPS) is 9.76. The van der Waals surface area contributed by atoms with Gasteiger partial charge in [-0.2, -0.15) is 0 Å². The lowest BCUT2D eigenvalue weighted by Gasteiger charge is -1.97. The summed E-state index contributed by atoms with van der Waals surface area (Å²) < 4.78 is 0. The molecule has 0 radical (unpaired) electrons. The van der Waals surface area contributed by atoms with Crippen LogP contribution in [0.25, 0.3) is 0 Å². The van der Waals surface area contributed by atoms with E-state index in [-0.39, 0.29) is 18.3 Å². The summed E-state index contributed by atoms with van der Waals surface area (Å²) in [6.07, 6.45) is 4.79. The van der Waals surface area contributed by atoms with E-state index in [1.807, 2.05) is 0 Å². The van der Waals surface area contributed by atoms with Gasteiger partial charge in [0.15, 0.2) is 0 Å². The first-order chi connectivity index (χ1) is 7.76. The van der Waals surface area contributed by atoms with Crippen LogP contribution in [-0.4, -0.2) is 22.6 Å². The lowest BCUT2D eigenvalue weighted by Crippen LogP contribution is -2.15. The number of hydrogen-bond donors (Lipinski definition) is 2. The topological polar surface area (TPSA) is 80.9 Å². The van der Waals surface area contributed by atoms with Crippen molar-refractivity contribution in [3.63, 3.8) is 0 Å². The first-order valence-electron chi connectivity index (χ1n) is 5.58. The van der Waals surface area contributed by atoms with Gasteiger partial charge in [-0.05, 0) is 6.42 Å². The molecule has 1 amide bonds. The van der Waals surface area contributed by atoms with E-state index < -0.39 is 0 Å². The van der Waals surface area contributed by atoms with E-state index in [0.29, 0.717) is 18.1 Å². The highest BCUT2D eigenvalue weighted by Gasteiger charge is 2.06. The number of aromatic nitrogens is 2. The van der Waals surface area contributed by atoms with Gasteiger partial charge in [-0.1, -0.05) is 31.1 Å². The van der Waals surface area contributed by atoms with Gasteiger partial charge < -0.3 is 11.1 Å². The van der Waals surface area contributed by atoms with E-state index >= 15 is 0 Å². The zero-order valence-electron chi connectivity index (χ0n) is 9.94. The van der Waals surface area contributed by atoms with Gasteiger partial charge in [0.25, 0.3) is 0 Å². The van der Waals surface area contributed by atoms with Crippen LogP contribution in [0.2, 0.25) is 0 Å². The number of nitrogens with zero attached hydrogens (tertiary/aromatic N) is 2. The molecule has 0 aromatic carbocycles. The molecule has 1 heterocycles. The Hall–Kier alpha value is -0.720. The molecule has 0 atom stereocenters. The van der Waals surface area contributed by atoms with E-state index in [0.717, 1.165) is 17.8 Å². The van der Waals surface area contributed by atoms with Crippen LogP contribution >= 0.6 is 23.7 Å². The Kier molecular flexibility index (Phi) is 8.93. The molecule has 7 heteroatoms. The number of nitrogens with one attached hydrogen (secondary N) is 1. The SMILES string of the molecule is CCCCCc1nnc(NC(=O)CCN)s1.Cl. The fourth-order valence-corrected chi connectivity index (χ4v) is 2.04. The van der Waals surface area contributed by atoms with Crippen molar-refractivity contribution >= 4 is 34.8 Å². The Labute approximate surface area is 112 Å². The van der Waals surface area contributed by atoms with Crippen molar-refractivity contribution in [2.45, 2.75) is 39.0 Å². The third kappa shape index (κ3) is 6.55. The predicted molar refractivity (Wildman–Crippen MR) is 72.7 cm³/mol. The van der Waals surface area contributed by atoms with Gasteiger partial charge in [-0.3, -0.25) is 4.79 Å². The molecule has 1 aromatic rings. The average molecular weight is 279 g/mol. The molecule has 0 unspecified atom stereocenters. The Bertz CT molecular complexity index is 332. The molecule has 17 heavy (non-hydrogen) atoms. The Morgan fingerprint density at radius 1 is 1.41 bits per heavy atom. The molecule has 0 saturated heterocycles. The molecule has 1 aromatic heterocycles. The molecule has 0 bridgehead atoms. The Morgan fingerprint density at radius 2 is 2.18 bits per heavy atom. The second kappa shape index (κ2) is 9.32. The summed E-state index contributed by atoms with van der Waals surface area (Å²) in [5.41, 5.74) is 5.28. The third-order valence-corrected chi connectivity index (χ3v) is 2.98. The zero-order valence-corrected chi connectivity index (χ0v) is 11.6. The second-order valence-electron chi connectivity index (χ2n) is 3.54. The zero-order chi connectivity index (χ0) is 11.8. The number of unbranched alkanes of at least 4 members (excludes halogenated alkanes) is 2. The number of rotatable bonds is 7. The smallest absolute Gasteiger partial charge is 0.227 e. The monoisotopic (exact) mass is 278 g/mol. The lowest BCUT2D eigenvalue weighted by atomic mass is 10.2. The highest BCUT2D eigenvalue weighted by molar-refractivity contribution is 7.15. The van der Waals surface area contributed by atoms with E-state index in [4.69, 9.17) is 5.73 Å². The number of halogens is 1. The molecule has 98 valence electrons. The Balaban J connectivity index is 0.00000256. The molecular formula is C10H19ClN4OS. The minimum Gasteiger partial charge on any atom is -0.330 e. The largest absolute Gasteiger partial charge is 0.330 e. The van der Waals surface area contributed by atoms with Gasteiger partial charge in [0.1, 0.15) is 5.01 Å². The summed E-state index contributed by atoms with van der Waals surface area (Å²) in [6, 6.07) is 0. The minimum absolute atomic E-state index is 0. The fraction of sp³-hybridized carbons (Fsp3) is 0.700. The summed E-state index contributed by atoms with van der Waals surface area (Å²) in [4.78, 5) is 11.2. The first kappa shape index (κ1) is 16.3. The van der Waals surface area contributed by atoms with Crippen LogP contribution in [0.5, 0.6) is 0 Å². The van der Waals surface area contributed by atoms with Crippen molar-refractivity contribution in [1.29, 1.82) is 0 Å². The molecule has 1 rings (SSSR count). The van der Waals surface area contributed by atoms with Gasteiger partial charge in [0.05, 0.1) is 0 Å². The molecule has 5 nitrogen and oxygen atoms in total.